The molecule has 9 heteroatoms. The summed E-state index contributed by atoms with van der Waals surface area (Å²) in [5, 5.41) is 8.21. The summed E-state index contributed by atoms with van der Waals surface area (Å²) in [6, 6.07) is 6.50. The predicted octanol–water partition coefficient (Wildman–Crippen LogP) is 1.04. The van der Waals surface area contributed by atoms with Gasteiger partial charge >= 0.3 is 6.18 Å². The number of nitrogens with two attached hydrogens (primary N) is 1. The van der Waals surface area contributed by atoms with Crippen LogP contribution in [0, 0.1) is 12.3 Å². The molecule has 1 amide bonds. The summed E-state index contributed by atoms with van der Waals surface area (Å²) in [4.78, 5) is 15.4. The molecule has 0 saturated carbocycles. The fourth-order valence-electron chi connectivity index (χ4n) is 4.22. The highest BCUT2D eigenvalue weighted by Gasteiger charge is 2.53. The fourth-order valence-corrected chi connectivity index (χ4v) is 4.22. The number of rotatable bonds is 5. The summed E-state index contributed by atoms with van der Waals surface area (Å²) in [6.45, 7) is 1.97. The molecule has 4 unspecified atom stereocenters. The lowest BCUT2D eigenvalue weighted by Crippen LogP contribution is -2.79. The summed E-state index contributed by atoms with van der Waals surface area (Å²) in [5.74, 6) is -0.363. The first-order valence-corrected chi connectivity index (χ1v) is 9.45. The van der Waals surface area contributed by atoms with Crippen molar-refractivity contribution in [2.45, 2.75) is 63.1 Å². The van der Waals surface area contributed by atoms with E-state index in [2.05, 4.69) is 5.73 Å². The number of piperazine rings is 1. The summed E-state index contributed by atoms with van der Waals surface area (Å²) >= 11 is 0. The fraction of sp³-hybridized carbons (Fsp3) is 0.579. The minimum Gasteiger partial charge on any atom is -0.330 e. The van der Waals surface area contributed by atoms with Gasteiger partial charge in [-0.3, -0.25) is 15.1 Å². The molecule has 1 aromatic rings. The van der Waals surface area contributed by atoms with Crippen LogP contribution >= 0.6 is 0 Å². The van der Waals surface area contributed by atoms with Crippen molar-refractivity contribution in [3.63, 3.8) is 0 Å². The average Bonchev–Trinajstić information content (AvgIpc) is 2.96. The number of hydrogen-bond donors (Lipinski definition) is 3. The first-order chi connectivity index (χ1) is 13.1. The molecule has 2 aliphatic rings. The molecule has 4 atom stereocenters. The molecule has 6 nitrogen and oxygen atoms in total. The highest BCUT2D eigenvalue weighted by atomic mass is 19.4. The van der Waals surface area contributed by atoms with Crippen LogP contribution in [0.25, 0.3) is 0 Å². The topological polar surface area (TPSA) is 101 Å². The Labute approximate surface area is 162 Å². The highest BCUT2D eigenvalue weighted by Crippen LogP contribution is 2.34. The van der Waals surface area contributed by atoms with E-state index in [0.717, 1.165) is 16.0 Å². The van der Waals surface area contributed by atoms with Gasteiger partial charge in [0.1, 0.15) is 5.84 Å². The summed E-state index contributed by atoms with van der Waals surface area (Å²) in [5.41, 5.74) is 11.6. The second kappa shape index (κ2) is 7.71. The summed E-state index contributed by atoms with van der Waals surface area (Å²) < 4.78 is 39.2. The van der Waals surface area contributed by atoms with E-state index in [1.54, 1.807) is 4.90 Å². The van der Waals surface area contributed by atoms with E-state index >= 15 is 0 Å². The van der Waals surface area contributed by atoms with Crippen molar-refractivity contribution in [1.29, 1.82) is 5.41 Å². The normalized spacial score (nSPS) is 24.4. The van der Waals surface area contributed by atoms with Gasteiger partial charge < -0.3 is 16.4 Å². The highest BCUT2D eigenvalue weighted by molar-refractivity contribution is 5.92. The third kappa shape index (κ3) is 4.00. The molecular weight excluding hydrogens is 371 g/mol. The Morgan fingerprint density at radius 1 is 1.36 bits per heavy atom. The van der Waals surface area contributed by atoms with Crippen molar-refractivity contribution in [2.24, 2.45) is 5.73 Å². The maximum Gasteiger partial charge on any atom is 0.462 e. The molecule has 154 valence electrons. The first kappa shape index (κ1) is 20.6. The molecular formula is C19H27F3N5O+. The van der Waals surface area contributed by atoms with E-state index in [1.165, 1.54) is 0 Å². The number of amides is 1. The number of halogens is 3. The third-order valence-corrected chi connectivity index (χ3v) is 5.76. The largest absolute Gasteiger partial charge is 0.462 e. The number of alkyl halides is 3. The Bertz CT molecular complexity index is 753. The van der Waals surface area contributed by atoms with Gasteiger partial charge in [-0.05, 0) is 37.3 Å². The third-order valence-electron chi connectivity index (χ3n) is 5.76. The lowest BCUT2D eigenvalue weighted by molar-refractivity contribution is -0.510. The predicted molar refractivity (Wildman–Crippen MR) is 98.3 cm³/mol. The van der Waals surface area contributed by atoms with Crippen molar-refractivity contribution in [1.82, 2.24) is 9.80 Å². The number of quaternary nitrogens is 1. The van der Waals surface area contributed by atoms with Crippen LogP contribution < -0.4 is 11.5 Å². The molecule has 2 fully saturated rings. The van der Waals surface area contributed by atoms with E-state index in [9.17, 15) is 18.0 Å². The number of likely N-dealkylation sites (tertiary alicyclic amines) is 1. The number of hydrogen-bond acceptors (Lipinski definition) is 3. The molecule has 2 aliphatic heterocycles. The van der Waals surface area contributed by atoms with Gasteiger partial charge in [0.25, 0.3) is 6.17 Å². The molecule has 0 radical (unpaired) electrons. The molecule has 1 aromatic carbocycles. The molecule has 0 spiro atoms. The van der Waals surface area contributed by atoms with Gasteiger partial charge in [0.15, 0.2) is 0 Å². The van der Waals surface area contributed by atoms with Gasteiger partial charge in [-0.15, -0.1) is 0 Å². The van der Waals surface area contributed by atoms with Gasteiger partial charge in [0, 0.05) is 19.0 Å². The standard InChI is InChI=1S/C19H26F3N5O/c1-11-4-2-3-5-12(11)8-13(23)9-16(28)27-14-6-7-15(27)17(24)26(10-14)18(25)19(20,21)22/h2-5,13-15,18,24H,6-10,23,25H2,1H3/p+1. The van der Waals surface area contributed by atoms with Crippen molar-refractivity contribution < 1.29 is 23.7 Å². The quantitative estimate of drug-likeness (QED) is 0.691. The number of amidine groups is 1. The monoisotopic (exact) mass is 398 g/mol. The zero-order valence-electron chi connectivity index (χ0n) is 15.9. The zero-order chi connectivity index (χ0) is 20.6. The summed E-state index contributed by atoms with van der Waals surface area (Å²) in [6.07, 6.45) is -4.71. The van der Waals surface area contributed by atoms with Gasteiger partial charge in [-0.25, -0.2) is 0 Å². The maximum atomic E-state index is 13.1. The lowest BCUT2D eigenvalue weighted by Gasteiger charge is -2.43. The molecule has 28 heavy (non-hydrogen) atoms. The van der Waals surface area contributed by atoms with Gasteiger partial charge in [0.05, 0.1) is 12.1 Å². The Morgan fingerprint density at radius 2 is 2.04 bits per heavy atom. The van der Waals surface area contributed by atoms with Crippen LogP contribution in [0.5, 0.6) is 0 Å². The number of aryl methyl sites for hydroxylation is 1. The van der Waals surface area contributed by atoms with Crippen LogP contribution in [-0.4, -0.2) is 58.6 Å². The Morgan fingerprint density at radius 3 is 2.68 bits per heavy atom. The SMILES string of the molecule is Cc1ccccc1CC(N)CC(=O)N1C2CCC1C(=N)N(C([NH3+])C(F)(F)F)C2. The van der Waals surface area contributed by atoms with Crippen LogP contribution in [0.3, 0.4) is 0 Å². The van der Waals surface area contributed by atoms with Gasteiger partial charge in [0.2, 0.25) is 5.91 Å². The van der Waals surface area contributed by atoms with E-state index in [-0.39, 0.29) is 36.8 Å². The maximum absolute atomic E-state index is 13.1. The summed E-state index contributed by atoms with van der Waals surface area (Å²) in [7, 11) is 0. The molecule has 2 bridgehead atoms. The second-order valence-corrected chi connectivity index (χ2v) is 7.74. The Balaban J connectivity index is 1.66. The van der Waals surface area contributed by atoms with E-state index in [4.69, 9.17) is 11.1 Å². The zero-order valence-corrected chi connectivity index (χ0v) is 15.9. The number of fused-ring (bicyclic) bond motifs is 2. The van der Waals surface area contributed by atoms with Crippen molar-refractivity contribution in [3.05, 3.63) is 35.4 Å². The molecule has 2 saturated heterocycles. The molecule has 0 aromatic heterocycles. The molecule has 0 aliphatic carbocycles. The van der Waals surface area contributed by atoms with Crippen LogP contribution in [0.15, 0.2) is 24.3 Å². The van der Waals surface area contributed by atoms with E-state index in [1.807, 2.05) is 31.2 Å². The Kier molecular flexibility index (Phi) is 5.67. The smallest absolute Gasteiger partial charge is 0.330 e. The van der Waals surface area contributed by atoms with Crippen molar-refractivity contribution >= 4 is 11.7 Å². The van der Waals surface area contributed by atoms with Crippen molar-refractivity contribution in [3.8, 4) is 0 Å². The van der Waals surface area contributed by atoms with Crippen LogP contribution in [0.2, 0.25) is 0 Å². The molecule has 6 N–H and O–H groups in total. The Hall–Kier alpha value is -2.13. The van der Waals surface area contributed by atoms with Gasteiger partial charge in [-0.2, -0.15) is 13.2 Å². The average molecular weight is 398 g/mol. The van der Waals surface area contributed by atoms with Crippen molar-refractivity contribution in [2.75, 3.05) is 6.54 Å². The lowest BCUT2D eigenvalue weighted by atomic mass is 9.99. The number of benzene rings is 1. The van der Waals surface area contributed by atoms with Crippen LogP contribution in [0.4, 0.5) is 13.2 Å². The minimum atomic E-state index is -4.51. The van der Waals surface area contributed by atoms with E-state index in [0.29, 0.717) is 19.3 Å². The molecule has 2 heterocycles. The number of carbonyl (C=O) groups excluding carboxylic acids is 1. The number of carbonyl (C=O) groups is 1. The molecule has 3 rings (SSSR count). The number of nitrogens with zero attached hydrogens (tertiary/aromatic N) is 2. The van der Waals surface area contributed by atoms with Gasteiger partial charge in [-0.1, -0.05) is 24.3 Å². The second-order valence-electron chi connectivity index (χ2n) is 7.74. The minimum absolute atomic E-state index is 0.0121. The van der Waals surface area contributed by atoms with E-state index < -0.39 is 18.4 Å². The first-order valence-electron chi connectivity index (χ1n) is 9.45. The number of nitrogens with one attached hydrogen (secondary N) is 1. The van der Waals surface area contributed by atoms with Crippen LogP contribution in [0.1, 0.15) is 30.4 Å². The van der Waals surface area contributed by atoms with Crippen LogP contribution in [-0.2, 0) is 11.2 Å².